The summed E-state index contributed by atoms with van der Waals surface area (Å²) in [6, 6.07) is 7.72. The number of furan rings is 1. The molecule has 0 fully saturated rings. The highest BCUT2D eigenvalue weighted by molar-refractivity contribution is 9.10. The number of benzene rings is 1. The molecule has 0 N–H and O–H groups in total. The van der Waals surface area contributed by atoms with Crippen molar-refractivity contribution in [2.45, 2.75) is 6.42 Å². The van der Waals surface area contributed by atoms with E-state index >= 15 is 0 Å². The average Bonchev–Trinajstić information content (AvgIpc) is 2.72. The lowest BCUT2D eigenvalue weighted by Gasteiger charge is -2.02. The van der Waals surface area contributed by atoms with Crippen LogP contribution in [-0.4, -0.2) is 5.78 Å². The molecule has 0 aliphatic heterocycles. The molecular formula is C12H7BrClFO2. The van der Waals surface area contributed by atoms with Crippen LogP contribution in [0.4, 0.5) is 4.39 Å². The maximum absolute atomic E-state index is 13.6. The summed E-state index contributed by atoms with van der Waals surface area (Å²) in [7, 11) is 0. The lowest BCUT2D eigenvalue weighted by Crippen LogP contribution is -2.04. The molecule has 0 atom stereocenters. The van der Waals surface area contributed by atoms with Crippen LogP contribution in [0.15, 0.2) is 39.4 Å². The van der Waals surface area contributed by atoms with Gasteiger partial charge in [0.25, 0.3) is 0 Å². The highest BCUT2D eigenvalue weighted by Gasteiger charge is 2.15. The maximum Gasteiger partial charge on any atom is 0.202 e. The van der Waals surface area contributed by atoms with Gasteiger partial charge in [0.2, 0.25) is 5.78 Å². The van der Waals surface area contributed by atoms with Crippen molar-refractivity contribution in [2.75, 3.05) is 0 Å². The number of hydrogen-bond acceptors (Lipinski definition) is 2. The second kappa shape index (κ2) is 5.02. The van der Waals surface area contributed by atoms with Crippen molar-refractivity contribution in [3.63, 3.8) is 0 Å². The molecule has 0 amide bonds. The van der Waals surface area contributed by atoms with Gasteiger partial charge in [0.15, 0.2) is 10.4 Å². The molecule has 0 spiro atoms. The van der Waals surface area contributed by atoms with Crippen LogP contribution in [0.1, 0.15) is 16.1 Å². The van der Waals surface area contributed by atoms with Gasteiger partial charge in [-0.3, -0.25) is 4.79 Å². The van der Waals surface area contributed by atoms with Gasteiger partial charge < -0.3 is 4.42 Å². The molecule has 2 rings (SSSR count). The van der Waals surface area contributed by atoms with Crippen LogP contribution in [0, 0.1) is 5.82 Å². The molecule has 1 aromatic carbocycles. The Hall–Kier alpha value is -1.13. The van der Waals surface area contributed by atoms with E-state index in [1.807, 2.05) is 0 Å². The van der Waals surface area contributed by atoms with E-state index in [-0.39, 0.29) is 28.6 Å². The standard InChI is InChI=1S/C12H7BrClFO2/c13-11-5-4-10(17-11)9(16)6-7-2-1-3-8(14)12(7)15/h1-5H,6H2. The summed E-state index contributed by atoms with van der Waals surface area (Å²) in [5.74, 6) is -0.666. The Kier molecular flexibility index (Phi) is 3.64. The molecule has 0 saturated carbocycles. The Bertz CT molecular complexity index is 565. The SMILES string of the molecule is O=C(Cc1cccc(Cl)c1F)c1ccc(Br)o1. The molecule has 0 aliphatic carbocycles. The van der Waals surface area contributed by atoms with Gasteiger partial charge in [-0.1, -0.05) is 23.7 Å². The summed E-state index contributed by atoms with van der Waals surface area (Å²) in [6.07, 6.45) is -0.0770. The van der Waals surface area contributed by atoms with Crippen LogP contribution in [0.5, 0.6) is 0 Å². The Morgan fingerprint density at radius 3 is 2.76 bits per heavy atom. The van der Waals surface area contributed by atoms with Crippen LogP contribution in [-0.2, 0) is 6.42 Å². The molecular weight excluding hydrogens is 310 g/mol. The van der Waals surface area contributed by atoms with Crippen molar-refractivity contribution in [2.24, 2.45) is 0 Å². The van der Waals surface area contributed by atoms with E-state index in [9.17, 15) is 9.18 Å². The first kappa shape index (κ1) is 12.3. The molecule has 0 bridgehead atoms. The lowest BCUT2D eigenvalue weighted by molar-refractivity contribution is 0.0964. The fourth-order valence-electron chi connectivity index (χ4n) is 1.41. The number of Topliss-reactive ketones (excluding diaryl/α,β-unsaturated/α-hetero) is 1. The van der Waals surface area contributed by atoms with Crippen LogP contribution in [0.2, 0.25) is 5.02 Å². The number of ketones is 1. The summed E-state index contributed by atoms with van der Waals surface area (Å²) in [4.78, 5) is 11.8. The average molecular weight is 318 g/mol. The van der Waals surface area contributed by atoms with Crippen molar-refractivity contribution in [1.82, 2.24) is 0 Å². The van der Waals surface area contributed by atoms with Crippen molar-refractivity contribution in [1.29, 1.82) is 0 Å². The second-order valence-corrected chi connectivity index (χ2v) is 4.61. The molecule has 0 unspecified atom stereocenters. The summed E-state index contributed by atoms with van der Waals surface area (Å²) in [6.45, 7) is 0. The van der Waals surface area contributed by atoms with Gasteiger partial charge in [-0.25, -0.2) is 4.39 Å². The molecule has 1 aromatic heterocycles. The highest BCUT2D eigenvalue weighted by atomic mass is 79.9. The Morgan fingerprint density at radius 2 is 2.12 bits per heavy atom. The molecule has 2 aromatic rings. The maximum atomic E-state index is 13.6. The predicted molar refractivity (Wildman–Crippen MR) is 65.9 cm³/mol. The lowest BCUT2D eigenvalue weighted by atomic mass is 10.1. The van der Waals surface area contributed by atoms with Gasteiger partial charge in [-0.2, -0.15) is 0 Å². The number of hydrogen-bond donors (Lipinski definition) is 0. The summed E-state index contributed by atoms with van der Waals surface area (Å²) < 4.78 is 19.1. The van der Waals surface area contributed by atoms with E-state index in [0.29, 0.717) is 4.67 Å². The summed E-state index contributed by atoms with van der Waals surface area (Å²) in [5.41, 5.74) is 0.259. The van der Waals surface area contributed by atoms with Crippen LogP contribution < -0.4 is 0 Å². The third-order valence-electron chi connectivity index (χ3n) is 2.23. The molecule has 5 heteroatoms. The first-order valence-corrected chi connectivity index (χ1v) is 5.96. The van der Waals surface area contributed by atoms with E-state index in [2.05, 4.69) is 15.9 Å². The van der Waals surface area contributed by atoms with Crippen molar-refractivity contribution < 1.29 is 13.6 Å². The molecule has 0 radical (unpaired) electrons. The molecule has 17 heavy (non-hydrogen) atoms. The summed E-state index contributed by atoms with van der Waals surface area (Å²) in [5, 5.41) is 0.0101. The quantitative estimate of drug-likeness (QED) is 0.792. The van der Waals surface area contributed by atoms with Gasteiger partial charge in [0, 0.05) is 6.42 Å². The van der Waals surface area contributed by atoms with Gasteiger partial charge in [-0.15, -0.1) is 0 Å². The zero-order valence-corrected chi connectivity index (χ0v) is 10.9. The number of halogens is 3. The van der Waals surface area contributed by atoms with E-state index in [0.717, 1.165) is 0 Å². The molecule has 88 valence electrons. The molecule has 0 saturated heterocycles. The highest BCUT2D eigenvalue weighted by Crippen LogP contribution is 2.21. The first-order chi connectivity index (χ1) is 8.08. The monoisotopic (exact) mass is 316 g/mol. The predicted octanol–water partition coefficient (Wildman–Crippen LogP) is 4.26. The van der Waals surface area contributed by atoms with E-state index in [1.54, 1.807) is 12.1 Å². The fraction of sp³-hybridized carbons (Fsp3) is 0.0833. The van der Waals surface area contributed by atoms with Crippen molar-refractivity contribution in [3.05, 3.63) is 57.2 Å². The normalized spacial score (nSPS) is 10.5. The van der Waals surface area contributed by atoms with Gasteiger partial charge in [-0.05, 0) is 39.7 Å². The zero-order chi connectivity index (χ0) is 12.4. The van der Waals surface area contributed by atoms with Crippen LogP contribution >= 0.6 is 27.5 Å². The third kappa shape index (κ3) is 2.76. The molecule has 0 aliphatic rings. The van der Waals surface area contributed by atoms with E-state index in [4.69, 9.17) is 16.0 Å². The van der Waals surface area contributed by atoms with Gasteiger partial charge >= 0.3 is 0 Å². The van der Waals surface area contributed by atoms with Crippen LogP contribution in [0.25, 0.3) is 0 Å². The van der Waals surface area contributed by atoms with Crippen molar-refractivity contribution in [3.8, 4) is 0 Å². The largest absolute Gasteiger partial charge is 0.446 e. The Labute approximate surface area is 111 Å². The fourth-order valence-corrected chi connectivity index (χ4v) is 1.91. The minimum atomic E-state index is -0.562. The topological polar surface area (TPSA) is 30.2 Å². The second-order valence-electron chi connectivity index (χ2n) is 3.42. The van der Waals surface area contributed by atoms with Gasteiger partial charge in [0.05, 0.1) is 5.02 Å². The number of carbonyl (C=O) groups is 1. The number of rotatable bonds is 3. The third-order valence-corrected chi connectivity index (χ3v) is 2.95. The summed E-state index contributed by atoms with van der Waals surface area (Å²) >= 11 is 8.73. The minimum absolute atomic E-state index is 0.0101. The Morgan fingerprint density at radius 1 is 1.35 bits per heavy atom. The number of carbonyl (C=O) groups excluding carboxylic acids is 1. The molecule has 2 nitrogen and oxygen atoms in total. The van der Waals surface area contributed by atoms with E-state index < -0.39 is 5.82 Å². The van der Waals surface area contributed by atoms with Crippen LogP contribution in [0.3, 0.4) is 0 Å². The molecule has 1 heterocycles. The first-order valence-electron chi connectivity index (χ1n) is 4.79. The smallest absolute Gasteiger partial charge is 0.202 e. The zero-order valence-electron chi connectivity index (χ0n) is 8.54. The van der Waals surface area contributed by atoms with Crippen molar-refractivity contribution >= 4 is 33.3 Å². The minimum Gasteiger partial charge on any atom is -0.446 e. The van der Waals surface area contributed by atoms with E-state index in [1.165, 1.54) is 18.2 Å². The Balaban J connectivity index is 2.21. The van der Waals surface area contributed by atoms with Gasteiger partial charge in [0.1, 0.15) is 5.82 Å².